The Labute approximate surface area is 123 Å². The molecule has 108 valence electrons. The Hall–Kier alpha value is -1.07. The Kier molecular flexibility index (Phi) is 4.27. The van der Waals surface area contributed by atoms with Gasteiger partial charge in [-0.2, -0.15) is 0 Å². The third-order valence-corrected chi connectivity index (χ3v) is 5.11. The van der Waals surface area contributed by atoms with Crippen LogP contribution in [0.5, 0.6) is 0 Å². The van der Waals surface area contributed by atoms with Gasteiger partial charge in [0, 0.05) is 43.5 Å². The van der Waals surface area contributed by atoms with Crippen LogP contribution < -0.4 is 0 Å². The molecule has 1 amide bonds. The molecule has 1 aromatic rings. The normalized spacial score (nSPS) is 26.4. The van der Waals surface area contributed by atoms with Crippen LogP contribution in [0, 0.1) is 5.41 Å². The molecule has 2 aliphatic rings. The molecular weight excluding hydrogens is 272 g/mol. The number of hydrogen-bond donors (Lipinski definition) is 0. The number of amides is 1. The summed E-state index contributed by atoms with van der Waals surface area (Å²) < 4.78 is 5.54. The SMILES string of the molecule is O=C1CC[C@]2(CCOC2)CN1CCSc1ccccn1. The van der Waals surface area contributed by atoms with Crippen molar-refractivity contribution in [1.82, 2.24) is 9.88 Å². The Balaban J connectivity index is 1.52. The van der Waals surface area contributed by atoms with E-state index in [1.807, 2.05) is 23.1 Å². The van der Waals surface area contributed by atoms with E-state index in [0.717, 1.165) is 49.9 Å². The number of aromatic nitrogens is 1. The fraction of sp³-hybridized carbons (Fsp3) is 0.600. The van der Waals surface area contributed by atoms with Crippen LogP contribution in [0.25, 0.3) is 0 Å². The van der Waals surface area contributed by atoms with Gasteiger partial charge in [0.05, 0.1) is 11.6 Å². The van der Waals surface area contributed by atoms with Gasteiger partial charge in [0.15, 0.2) is 0 Å². The lowest BCUT2D eigenvalue weighted by Gasteiger charge is -2.39. The quantitative estimate of drug-likeness (QED) is 0.798. The van der Waals surface area contributed by atoms with Crippen molar-refractivity contribution >= 4 is 17.7 Å². The molecule has 5 heteroatoms. The minimum atomic E-state index is 0.240. The zero-order chi connectivity index (χ0) is 13.8. The maximum Gasteiger partial charge on any atom is 0.222 e. The Morgan fingerprint density at radius 1 is 1.40 bits per heavy atom. The zero-order valence-electron chi connectivity index (χ0n) is 11.6. The fourth-order valence-corrected chi connectivity index (χ4v) is 3.80. The second-order valence-electron chi connectivity index (χ2n) is 5.63. The van der Waals surface area contributed by atoms with Crippen molar-refractivity contribution in [1.29, 1.82) is 0 Å². The van der Waals surface area contributed by atoms with Crippen LogP contribution in [0.3, 0.4) is 0 Å². The van der Waals surface area contributed by atoms with Crippen molar-refractivity contribution in [3.05, 3.63) is 24.4 Å². The summed E-state index contributed by atoms with van der Waals surface area (Å²) in [7, 11) is 0. The number of pyridine rings is 1. The average molecular weight is 292 g/mol. The van der Waals surface area contributed by atoms with Crippen LogP contribution in [-0.4, -0.2) is 47.8 Å². The molecule has 0 radical (unpaired) electrons. The Bertz CT molecular complexity index is 460. The Morgan fingerprint density at radius 2 is 2.35 bits per heavy atom. The third kappa shape index (κ3) is 3.15. The standard InChI is InChI=1S/C15H20N2O2S/c18-14-4-5-15(6-9-19-12-15)11-17(14)8-10-20-13-3-1-2-7-16-13/h1-3,7H,4-6,8-12H2/t15-/m0/s1. The molecule has 0 aliphatic carbocycles. The first-order chi connectivity index (χ1) is 9.77. The van der Waals surface area contributed by atoms with Crippen LogP contribution in [0.4, 0.5) is 0 Å². The van der Waals surface area contributed by atoms with Gasteiger partial charge in [-0.1, -0.05) is 6.07 Å². The molecule has 0 N–H and O–H groups in total. The lowest BCUT2D eigenvalue weighted by molar-refractivity contribution is -0.137. The summed E-state index contributed by atoms with van der Waals surface area (Å²) in [6.45, 7) is 3.35. The number of likely N-dealkylation sites (tertiary alicyclic amines) is 1. The summed E-state index contributed by atoms with van der Waals surface area (Å²) in [4.78, 5) is 18.3. The highest BCUT2D eigenvalue weighted by Crippen LogP contribution is 2.38. The summed E-state index contributed by atoms with van der Waals surface area (Å²) in [5.41, 5.74) is 0.240. The smallest absolute Gasteiger partial charge is 0.222 e. The molecular formula is C15H20N2O2S. The summed E-state index contributed by atoms with van der Waals surface area (Å²) in [6, 6.07) is 5.92. The number of hydrogen-bond acceptors (Lipinski definition) is 4. The number of carbonyl (C=O) groups is 1. The first kappa shape index (κ1) is 13.9. The molecule has 1 spiro atoms. The van der Waals surface area contributed by atoms with Gasteiger partial charge in [-0.3, -0.25) is 4.79 Å². The molecule has 0 saturated carbocycles. The van der Waals surface area contributed by atoms with Gasteiger partial charge in [0.1, 0.15) is 0 Å². The second kappa shape index (κ2) is 6.14. The molecule has 20 heavy (non-hydrogen) atoms. The van der Waals surface area contributed by atoms with Crippen molar-refractivity contribution in [2.75, 3.05) is 32.1 Å². The van der Waals surface area contributed by atoms with Gasteiger partial charge in [-0.05, 0) is 25.0 Å². The summed E-state index contributed by atoms with van der Waals surface area (Å²) in [6.07, 6.45) is 4.58. The van der Waals surface area contributed by atoms with Gasteiger partial charge in [0.2, 0.25) is 5.91 Å². The summed E-state index contributed by atoms with van der Waals surface area (Å²) in [5, 5.41) is 1.02. The van der Waals surface area contributed by atoms with Gasteiger partial charge < -0.3 is 9.64 Å². The topological polar surface area (TPSA) is 42.4 Å². The molecule has 2 saturated heterocycles. The van der Waals surface area contributed by atoms with E-state index in [-0.39, 0.29) is 5.41 Å². The molecule has 1 aromatic heterocycles. The number of piperidine rings is 1. The van der Waals surface area contributed by atoms with Crippen LogP contribution in [0.15, 0.2) is 29.4 Å². The zero-order valence-corrected chi connectivity index (χ0v) is 12.4. The minimum Gasteiger partial charge on any atom is -0.381 e. The van der Waals surface area contributed by atoms with E-state index in [9.17, 15) is 4.79 Å². The monoisotopic (exact) mass is 292 g/mol. The van der Waals surface area contributed by atoms with Crippen molar-refractivity contribution in [2.24, 2.45) is 5.41 Å². The number of thioether (sulfide) groups is 1. The number of rotatable bonds is 4. The first-order valence-corrected chi connectivity index (χ1v) is 8.15. The highest BCUT2D eigenvalue weighted by Gasteiger charge is 2.41. The van der Waals surface area contributed by atoms with E-state index in [4.69, 9.17) is 4.74 Å². The largest absolute Gasteiger partial charge is 0.381 e. The third-order valence-electron chi connectivity index (χ3n) is 4.18. The highest BCUT2D eigenvalue weighted by molar-refractivity contribution is 7.99. The molecule has 4 nitrogen and oxygen atoms in total. The maximum absolute atomic E-state index is 12.0. The summed E-state index contributed by atoms with van der Waals surface area (Å²) >= 11 is 1.71. The lowest BCUT2D eigenvalue weighted by Crippen LogP contribution is -2.47. The molecule has 0 bridgehead atoms. The molecule has 0 aromatic carbocycles. The van der Waals surface area contributed by atoms with Crippen LogP contribution in [0.2, 0.25) is 0 Å². The van der Waals surface area contributed by atoms with Gasteiger partial charge in [-0.25, -0.2) is 4.98 Å². The van der Waals surface area contributed by atoms with Crippen molar-refractivity contribution < 1.29 is 9.53 Å². The van der Waals surface area contributed by atoms with E-state index in [1.54, 1.807) is 18.0 Å². The van der Waals surface area contributed by atoms with E-state index in [0.29, 0.717) is 12.3 Å². The van der Waals surface area contributed by atoms with Gasteiger partial charge in [-0.15, -0.1) is 11.8 Å². The number of carbonyl (C=O) groups excluding carboxylic acids is 1. The van der Waals surface area contributed by atoms with Crippen LogP contribution in [0.1, 0.15) is 19.3 Å². The average Bonchev–Trinajstić information content (AvgIpc) is 2.92. The lowest BCUT2D eigenvalue weighted by atomic mass is 9.79. The predicted octanol–water partition coefficient (Wildman–Crippen LogP) is 2.20. The predicted molar refractivity (Wildman–Crippen MR) is 78.6 cm³/mol. The van der Waals surface area contributed by atoms with Crippen LogP contribution in [-0.2, 0) is 9.53 Å². The minimum absolute atomic E-state index is 0.240. The molecule has 2 fully saturated rings. The maximum atomic E-state index is 12.0. The van der Waals surface area contributed by atoms with E-state index < -0.39 is 0 Å². The van der Waals surface area contributed by atoms with E-state index in [1.165, 1.54) is 0 Å². The van der Waals surface area contributed by atoms with E-state index in [2.05, 4.69) is 4.98 Å². The second-order valence-corrected chi connectivity index (χ2v) is 6.75. The molecule has 3 rings (SSSR count). The highest BCUT2D eigenvalue weighted by atomic mass is 32.2. The molecule has 3 heterocycles. The van der Waals surface area contributed by atoms with Crippen molar-refractivity contribution in [3.63, 3.8) is 0 Å². The first-order valence-electron chi connectivity index (χ1n) is 7.17. The fourth-order valence-electron chi connectivity index (χ4n) is 2.97. The van der Waals surface area contributed by atoms with E-state index >= 15 is 0 Å². The van der Waals surface area contributed by atoms with Crippen molar-refractivity contribution in [3.8, 4) is 0 Å². The number of ether oxygens (including phenoxy) is 1. The van der Waals surface area contributed by atoms with Gasteiger partial charge in [0.25, 0.3) is 0 Å². The molecule has 0 unspecified atom stereocenters. The van der Waals surface area contributed by atoms with Crippen LogP contribution >= 0.6 is 11.8 Å². The Morgan fingerprint density at radius 3 is 3.10 bits per heavy atom. The molecule has 2 aliphatic heterocycles. The van der Waals surface area contributed by atoms with Crippen molar-refractivity contribution in [2.45, 2.75) is 24.3 Å². The molecule has 1 atom stereocenters. The summed E-state index contributed by atoms with van der Waals surface area (Å²) in [5.74, 6) is 1.20. The van der Waals surface area contributed by atoms with Gasteiger partial charge >= 0.3 is 0 Å². The number of nitrogens with zero attached hydrogens (tertiary/aromatic N) is 2.